The summed E-state index contributed by atoms with van der Waals surface area (Å²) in [5, 5.41) is 11.8. The summed E-state index contributed by atoms with van der Waals surface area (Å²) in [7, 11) is 1.40. The number of rotatable bonds is 5. The number of carbonyl (C=O) groups excluding carboxylic acids is 1. The van der Waals surface area contributed by atoms with E-state index in [9.17, 15) is 14.7 Å². The molecule has 1 aliphatic carbocycles. The highest BCUT2D eigenvalue weighted by Crippen LogP contribution is 2.20. The summed E-state index contributed by atoms with van der Waals surface area (Å²) in [4.78, 5) is 23.6. The summed E-state index contributed by atoms with van der Waals surface area (Å²) in [6.07, 6.45) is 5.98. The van der Waals surface area contributed by atoms with Crippen LogP contribution in [0.25, 0.3) is 6.08 Å². The zero-order valence-corrected chi connectivity index (χ0v) is 12.2. The van der Waals surface area contributed by atoms with Gasteiger partial charge in [0.1, 0.15) is 0 Å². The number of carbonyl (C=O) groups is 2. The Morgan fingerprint density at radius 2 is 2.19 bits per heavy atom. The van der Waals surface area contributed by atoms with Crippen LogP contribution in [0.4, 0.5) is 0 Å². The van der Waals surface area contributed by atoms with Gasteiger partial charge < -0.3 is 15.2 Å². The van der Waals surface area contributed by atoms with Gasteiger partial charge in [-0.15, -0.1) is 0 Å². The molecule has 0 aliphatic heterocycles. The summed E-state index contributed by atoms with van der Waals surface area (Å²) in [5.74, 6) is -1.53. The number of hydrogen-bond acceptors (Lipinski definition) is 3. The Kier molecular flexibility index (Phi) is 4.43. The predicted octanol–water partition coefficient (Wildman–Crippen LogP) is 1.87. The molecule has 0 saturated heterocycles. The zero-order valence-electron chi connectivity index (χ0n) is 12.2. The third-order valence-corrected chi connectivity index (χ3v) is 3.58. The van der Waals surface area contributed by atoms with Gasteiger partial charge in [0.05, 0.1) is 6.61 Å². The number of carboxylic acid groups (broad SMARTS) is 1. The molecule has 1 aliphatic rings. The maximum atomic E-state index is 12.3. The molecule has 5 heteroatoms. The van der Waals surface area contributed by atoms with Crippen LogP contribution >= 0.6 is 0 Å². The molecule has 0 heterocycles. The first kappa shape index (κ1) is 15.3. The topological polar surface area (TPSA) is 75.6 Å². The van der Waals surface area contributed by atoms with Crippen LogP contribution < -0.4 is 5.32 Å². The van der Waals surface area contributed by atoms with Crippen molar-refractivity contribution in [2.75, 3.05) is 13.7 Å². The second kappa shape index (κ2) is 6.10. The van der Waals surface area contributed by atoms with Crippen molar-refractivity contribution in [3.63, 3.8) is 0 Å². The Morgan fingerprint density at radius 1 is 1.43 bits per heavy atom. The lowest BCUT2D eigenvalue weighted by Crippen LogP contribution is -2.55. The molecule has 0 radical (unpaired) electrons. The van der Waals surface area contributed by atoms with Gasteiger partial charge in [-0.2, -0.15) is 0 Å². The molecule has 5 nitrogen and oxygen atoms in total. The minimum atomic E-state index is -1.44. The van der Waals surface area contributed by atoms with Crippen molar-refractivity contribution in [2.45, 2.75) is 25.3 Å². The molecule has 1 amide bonds. The highest BCUT2D eigenvalue weighted by Gasteiger charge is 2.35. The van der Waals surface area contributed by atoms with Crippen molar-refractivity contribution < 1.29 is 19.4 Å². The van der Waals surface area contributed by atoms with Crippen molar-refractivity contribution in [2.24, 2.45) is 0 Å². The van der Waals surface area contributed by atoms with E-state index in [1.807, 2.05) is 18.2 Å². The second-order valence-electron chi connectivity index (χ2n) is 5.38. The average Bonchev–Trinajstić information content (AvgIpc) is 2.46. The average molecular weight is 289 g/mol. The molecular formula is C16H19NO4. The number of carboxylic acids is 1. The molecule has 112 valence electrons. The highest BCUT2D eigenvalue weighted by molar-refractivity contribution is 5.98. The summed E-state index contributed by atoms with van der Waals surface area (Å²) in [6, 6.07) is 5.41. The fourth-order valence-corrected chi connectivity index (χ4v) is 2.34. The number of ether oxygens (including phenoxy) is 1. The molecule has 2 N–H and O–H groups in total. The van der Waals surface area contributed by atoms with Crippen molar-refractivity contribution in [1.29, 1.82) is 0 Å². The summed E-state index contributed by atoms with van der Waals surface area (Å²) in [6.45, 7) is 1.33. The Bertz CT molecular complexity index is 594. The molecule has 2 rings (SSSR count). The summed E-state index contributed by atoms with van der Waals surface area (Å²) >= 11 is 0. The van der Waals surface area contributed by atoms with E-state index >= 15 is 0 Å². The minimum Gasteiger partial charge on any atom is -0.479 e. The van der Waals surface area contributed by atoms with E-state index < -0.39 is 17.4 Å². The van der Waals surface area contributed by atoms with Crippen molar-refractivity contribution >= 4 is 18.0 Å². The Hall–Kier alpha value is -2.14. The monoisotopic (exact) mass is 289 g/mol. The lowest BCUT2D eigenvalue weighted by molar-refractivity contribution is -0.145. The smallest absolute Gasteiger partial charge is 0.331 e. The third kappa shape index (κ3) is 3.31. The van der Waals surface area contributed by atoms with Gasteiger partial charge in [0.15, 0.2) is 5.54 Å². The Morgan fingerprint density at radius 3 is 2.86 bits per heavy atom. The quantitative estimate of drug-likeness (QED) is 0.867. The van der Waals surface area contributed by atoms with E-state index in [4.69, 9.17) is 4.74 Å². The molecule has 1 aromatic carbocycles. The molecule has 1 atom stereocenters. The van der Waals surface area contributed by atoms with Crippen molar-refractivity contribution in [3.05, 3.63) is 41.0 Å². The number of aryl methyl sites for hydroxylation is 1. The number of allylic oxidation sites excluding steroid dienone is 1. The standard InChI is InChI=1S/C16H19NO4/c1-16(10-21-2,15(19)20)17-14(18)13-8-7-11-5-3-4-6-12(11)9-13/h3,5,7-9H,4,6,10H2,1-2H3,(H,17,18)(H,19,20). The number of amides is 1. The lowest BCUT2D eigenvalue weighted by Gasteiger charge is -2.25. The number of nitrogens with one attached hydrogen (secondary N) is 1. The Labute approximate surface area is 123 Å². The van der Waals surface area contributed by atoms with Crippen molar-refractivity contribution in [1.82, 2.24) is 5.32 Å². The number of benzene rings is 1. The van der Waals surface area contributed by atoms with Crippen LogP contribution in [-0.2, 0) is 16.0 Å². The van der Waals surface area contributed by atoms with Crippen LogP contribution in [0.2, 0.25) is 0 Å². The van der Waals surface area contributed by atoms with Gasteiger partial charge in [0.2, 0.25) is 0 Å². The van der Waals surface area contributed by atoms with E-state index in [2.05, 4.69) is 11.4 Å². The Balaban J connectivity index is 2.20. The van der Waals surface area contributed by atoms with E-state index in [1.165, 1.54) is 14.0 Å². The van der Waals surface area contributed by atoms with Crippen LogP contribution in [0.15, 0.2) is 24.3 Å². The highest BCUT2D eigenvalue weighted by atomic mass is 16.5. The van der Waals surface area contributed by atoms with Gasteiger partial charge in [-0.3, -0.25) is 4.79 Å². The van der Waals surface area contributed by atoms with Crippen LogP contribution in [0.1, 0.15) is 34.8 Å². The summed E-state index contributed by atoms with van der Waals surface area (Å²) in [5.41, 5.74) is 1.24. The molecular weight excluding hydrogens is 270 g/mol. The van der Waals surface area contributed by atoms with Gasteiger partial charge in [0.25, 0.3) is 5.91 Å². The first-order valence-corrected chi connectivity index (χ1v) is 6.80. The first-order valence-electron chi connectivity index (χ1n) is 6.80. The van der Waals surface area contributed by atoms with Crippen LogP contribution in [0.5, 0.6) is 0 Å². The van der Waals surface area contributed by atoms with Gasteiger partial charge in [-0.1, -0.05) is 18.2 Å². The molecule has 0 spiro atoms. The molecule has 1 unspecified atom stereocenters. The van der Waals surface area contributed by atoms with Gasteiger partial charge >= 0.3 is 5.97 Å². The number of fused-ring (bicyclic) bond motifs is 1. The summed E-state index contributed by atoms with van der Waals surface area (Å²) < 4.78 is 4.89. The van der Waals surface area contributed by atoms with Crippen LogP contribution in [0, 0.1) is 0 Å². The molecule has 21 heavy (non-hydrogen) atoms. The minimum absolute atomic E-state index is 0.0955. The first-order chi connectivity index (χ1) is 9.96. The van der Waals surface area contributed by atoms with Crippen LogP contribution in [-0.4, -0.2) is 36.2 Å². The van der Waals surface area contributed by atoms with Gasteiger partial charge in [0, 0.05) is 12.7 Å². The van der Waals surface area contributed by atoms with E-state index in [0.29, 0.717) is 5.56 Å². The second-order valence-corrected chi connectivity index (χ2v) is 5.38. The number of methoxy groups -OCH3 is 1. The maximum absolute atomic E-state index is 12.3. The lowest BCUT2D eigenvalue weighted by atomic mass is 9.95. The zero-order chi connectivity index (χ0) is 15.5. The molecule has 0 aromatic heterocycles. The number of aliphatic carboxylic acids is 1. The molecule has 0 fully saturated rings. The predicted molar refractivity (Wildman–Crippen MR) is 79.2 cm³/mol. The fourth-order valence-electron chi connectivity index (χ4n) is 2.34. The SMILES string of the molecule is COCC(C)(NC(=O)c1ccc2c(c1)CCC=C2)C(=O)O. The maximum Gasteiger partial charge on any atom is 0.331 e. The van der Waals surface area contributed by atoms with E-state index in [0.717, 1.165) is 24.0 Å². The van der Waals surface area contributed by atoms with E-state index in [1.54, 1.807) is 6.07 Å². The van der Waals surface area contributed by atoms with Crippen molar-refractivity contribution in [3.8, 4) is 0 Å². The van der Waals surface area contributed by atoms with Gasteiger partial charge in [-0.05, 0) is 43.0 Å². The molecule has 1 aromatic rings. The number of hydrogen-bond donors (Lipinski definition) is 2. The largest absolute Gasteiger partial charge is 0.479 e. The normalized spacial score (nSPS) is 15.9. The van der Waals surface area contributed by atoms with Crippen LogP contribution in [0.3, 0.4) is 0 Å². The van der Waals surface area contributed by atoms with Gasteiger partial charge in [-0.25, -0.2) is 4.79 Å². The molecule has 0 saturated carbocycles. The third-order valence-electron chi connectivity index (χ3n) is 3.58. The molecule has 0 bridgehead atoms. The fraction of sp³-hybridized carbons (Fsp3) is 0.375. The van der Waals surface area contributed by atoms with E-state index in [-0.39, 0.29) is 6.61 Å².